The van der Waals surface area contributed by atoms with Gasteiger partial charge in [0.15, 0.2) is 6.10 Å². The molecule has 2 aromatic carbocycles. The highest BCUT2D eigenvalue weighted by Crippen LogP contribution is 2.33. The lowest BCUT2D eigenvalue weighted by molar-refractivity contribution is -0.127. The van der Waals surface area contributed by atoms with Crippen molar-refractivity contribution >= 4 is 29.3 Å². The Hall–Kier alpha value is -3.28. The van der Waals surface area contributed by atoms with Gasteiger partial charge in [-0.2, -0.15) is 0 Å². The predicted molar refractivity (Wildman–Crippen MR) is 123 cm³/mol. The maximum atomic E-state index is 13.0. The molecule has 2 aliphatic rings. The third-order valence-electron chi connectivity index (χ3n) is 5.86. The van der Waals surface area contributed by atoms with Crippen LogP contribution in [0, 0.1) is 0 Å². The van der Waals surface area contributed by atoms with Crippen LogP contribution in [0.4, 0.5) is 11.4 Å². The molecule has 4 rings (SSSR count). The molecular weight excluding hydrogens is 390 g/mol. The Morgan fingerprint density at radius 2 is 1.71 bits per heavy atom. The predicted octanol–water partition coefficient (Wildman–Crippen LogP) is 3.62. The number of rotatable bonds is 4. The minimum atomic E-state index is -0.731. The Kier molecular flexibility index (Phi) is 6.55. The molecule has 0 saturated carbocycles. The third kappa shape index (κ3) is 4.90. The quantitative estimate of drug-likeness (QED) is 0.769. The average molecular weight is 420 g/mol. The Balaban J connectivity index is 1.47. The second-order valence-corrected chi connectivity index (χ2v) is 7.96. The molecule has 1 atom stereocenters. The molecule has 31 heavy (non-hydrogen) atoms. The van der Waals surface area contributed by atoms with Gasteiger partial charge in [-0.25, -0.2) is 0 Å². The lowest BCUT2D eigenvalue weighted by atomic mass is 10.1. The molecule has 162 valence electrons. The van der Waals surface area contributed by atoms with Gasteiger partial charge in [-0.3, -0.25) is 9.59 Å². The molecule has 0 aromatic heterocycles. The lowest BCUT2D eigenvalue weighted by Gasteiger charge is -2.33. The summed E-state index contributed by atoms with van der Waals surface area (Å²) < 4.78 is 5.77. The number of likely N-dealkylation sites (N-methyl/N-ethyl adjacent to an activating group) is 1. The summed E-state index contributed by atoms with van der Waals surface area (Å²) in [7, 11) is 1.56. The smallest absolute Gasteiger partial charge is 0.262 e. The average Bonchev–Trinajstić information content (AvgIpc) is 3.11. The highest BCUT2D eigenvalue weighted by Gasteiger charge is 2.32. The molecule has 2 aromatic rings. The van der Waals surface area contributed by atoms with E-state index in [4.69, 9.17) is 4.74 Å². The first-order chi connectivity index (χ1) is 15.2. The highest BCUT2D eigenvalue weighted by atomic mass is 16.5. The number of carbonyl (C=O) groups excluding carboxylic acids is 2. The molecule has 1 fully saturated rings. The number of hydrogen-bond donors (Lipinski definition) is 1. The number of benzene rings is 2. The Bertz CT molecular complexity index is 947. The molecule has 2 aliphatic heterocycles. The van der Waals surface area contributed by atoms with Crippen LogP contribution in [-0.2, 0) is 9.59 Å². The minimum absolute atomic E-state index is 0.174. The van der Waals surface area contributed by atoms with E-state index in [2.05, 4.69) is 22.3 Å². The van der Waals surface area contributed by atoms with Crippen molar-refractivity contribution < 1.29 is 14.3 Å². The van der Waals surface area contributed by atoms with E-state index in [1.807, 2.05) is 36.4 Å². The topological polar surface area (TPSA) is 61.9 Å². The van der Waals surface area contributed by atoms with Crippen molar-refractivity contribution in [3.63, 3.8) is 0 Å². The number of carbonyl (C=O) groups is 2. The molecule has 0 unspecified atom stereocenters. The van der Waals surface area contributed by atoms with Crippen LogP contribution >= 0.6 is 0 Å². The van der Waals surface area contributed by atoms with Crippen LogP contribution in [0.2, 0.25) is 0 Å². The molecule has 0 bridgehead atoms. The van der Waals surface area contributed by atoms with Crippen LogP contribution in [0.1, 0.15) is 31.2 Å². The zero-order valence-corrected chi connectivity index (χ0v) is 17.9. The van der Waals surface area contributed by atoms with Crippen molar-refractivity contribution in [1.29, 1.82) is 0 Å². The van der Waals surface area contributed by atoms with Gasteiger partial charge in [0.05, 0.1) is 12.2 Å². The number of nitrogens with zero attached hydrogens (tertiary/aromatic N) is 2. The summed E-state index contributed by atoms with van der Waals surface area (Å²) in [4.78, 5) is 29.1. The molecule has 2 heterocycles. The van der Waals surface area contributed by atoms with E-state index in [0.717, 1.165) is 18.7 Å². The number of hydrogen-bond acceptors (Lipinski definition) is 4. The van der Waals surface area contributed by atoms with Gasteiger partial charge >= 0.3 is 0 Å². The van der Waals surface area contributed by atoms with Gasteiger partial charge in [0.25, 0.3) is 11.8 Å². The maximum Gasteiger partial charge on any atom is 0.262 e. The Morgan fingerprint density at radius 3 is 2.42 bits per heavy atom. The second-order valence-electron chi connectivity index (χ2n) is 7.96. The normalized spacial score (nSPS) is 18.8. The summed E-state index contributed by atoms with van der Waals surface area (Å²) in [5, 5.41) is 2.60. The monoisotopic (exact) mass is 419 g/mol. The van der Waals surface area contributed by atoms with E-state index in [1.54, 1.807) is 24.1 Å². The van der Waals surface area contributed by atoms with E-state index in [1.165, 1.54) is 31.4 Å². The first-order valence-corrected chi connectivity index (χ1v) is 11.0. The van der Waals surface area contributed by atoms with Crippen molar-refractivity contribution in [2.24, 2.45) is 0 Å². The molecule has 0 radical (unpaired) electrons. The van der Waals surface area contributed by atoms with Gasteiger partial charge < -0.3 is 19.9 Å². The van der Waals surface area contributed by atoms with E-state index >= 15 is 0 Å². The number of amides is 2. The number of fused-ring (bicyclic) bond motifs is 1. The Labute approximate surface area is 183 Å². The van der Waals surface area contributed by atoms with Gasteiger partial charge in [0.1, 0.15) is 5.75 Å². The third-order valence-corrected chi connectivity index (χ3v) is 5.86. The maximum absolute atomic E-state index is 13.0. The zero-order valence-electron chi connectivity index (χ0n) is 17.9. The molecule has 1 saturated heterocycles. The van der Waals surface area contributed by atoms with E-state index in [-0.39, 0.29) is 18.4 Å². The van der Waals surface area contributed by atoms with Crippen molar-refractivity contribution in [3.8, 4) is 5.75 Å². The van der Waals surface area contributed by atoms with Crippen molar-refractivity contribution in [1.82, 2.24) is 5.32 Å². The SMILES string of the molecule is CNC(=O)[C@H]1CN(C(=O)/C=C/c2ccc(N3CCCCCC3)cc2)c2ccccc2O1. The van der Waals surface area contributed by atoms with E-state index in [0.29, 0.717) is 11.4 Å². The highest BCUT2D eigenvalue weighted by molar-refractivity contribution is 6.05. The van der Waals surface area contributed by atoms with Crippen LogP contribution in [0.15, 0.2) is 54.6 Å². The molecule has 2 amide bonds. The fourth-order valence-corrected chi connectivity index (χ4v) is 4.12. The second kappa shape index (κ2) is 9.69. The van der Waals surface area contributed by atoms with Crippen LogP contribution in [0.3, 0.4) is 0 Å². The van der Waals surface area contributed by atoms with Crippen LogP contribution in [0.25, 0.3) is 6.08 Å². The van der Waals surface area contributed by atoms with Crippen molar-refractivity contribution in [2.45, 2.75) is 31.8 Å². The van der Waals surface area contributed by atoms with E-state index in [9.17, 15) is 9.59 Å². The molecular formula is C25H29N3O3. The number of nitrogens with one attached hydrogen (secondary N) is 1. The minimum Gasteiger partial charge on any atom is -0.477 e. The summed E-state index contributed by atoms with van der Waals surface area (Å²) in [5.74, 6) is 0.104. The van der Waals surface area contributed by atoms with Gasteiger partial charge in [0, 0.05) is 31.9 Å². The fourth-order valence-electron chi connectivity index (χ4n) is 4.12. The lowest BCUT2D eigenvalue weighted by Crippen LogP contribution is -2.49. The zero-order chi connectivity index (χ0) is 21.6. The number of ether oxygens (including phenoxy) is 1. The standard InChI is InChI=1S/C25H29N3O3/c1-26-25(30)23-18-28(21-8-4-5-9-22(21)31-23)24(29)15-12-19-10-13-20(14-11-19)27-16-6-2-3-7-17-27/h4-5,8-15,23H,2-3,6-7,16-18H2,1H3,(H,26,30)/b15-12+/t23-/m1/s1. The Morgan fingerprint density at radius 1 is 1.00 bits per heavy atom. The first kappa shape index (κ1) is 21.0. The van der Waals surface area contributed by atoms with Gasteiger partial charge in [-0.15, -0.1) is 0 Å². The molecule has 6 heteroatoms. The first-order valence-electron chi connectivity index (χ1n) is 11.0. The fraction of sp³-hybridized carbons (Fsp3) is 0.360. The van der Waals surface area contributed by atoms with Crippen molar-refractivity contribution in [3.05, 3.63) is 60.2 Å². The van der Waals surface area contributed by atoms with E-state index < -0.39 is 6.10 Å². The van der Waals surface area contributed by atoms with Crippen LogP contribution in [0.5, 0.6) is 5.75 Å². The molecule has 1 N–H and O–H groups in total. The summed E-state index contributed by atoms with van der Waals surface area (Å²) in [6.45, 7) is 2.39. The summed E-state index contributed by atoms with van der Waals surface area (Å²) in [6.07, 6.45) is 7.76. The van der Waals surface area contributed by atoms with Crippen LogP contribution in [-0.4, -0.2) is 44.6 Å². The van der Waals surface area contributed by atoms with Gasteiger partial charge in [0.2, 0.25) is 0 Å². The molecule has 6 nitrogen and oxygen atoms in total. The number of anilines is 2. The van der Waals surface area contributed by atoms with Crippen molar-refractivity contribution in [2.75, 3.05) is 36.5 Å². The van der Waals surface area contributed by atoms with Gasteiger partial charge in [-0.05, 0) is 48.7 Å². The number of para-hydroxylation sites is 2. The van der Waals surface area contributed by atoms with Crippen LogP contribution < -0.4 is 19.9 Å². The molecule has 0 spiro atoms. The largest absolute Gasteiger partial charge is 0.477 e. The summed E-state index contributed by atoms with van der Waals surface area (Å²) >= 11 is 0. The summed E-state index contributed by atoms with van der Waals surface area (Å²) in [5.41, 5.74) is 2.88. The molecule has 0 aliphatic carbocycles. The van der Waals surface area contributed by atoms with Gasteiger partial charge in [-0.1, -0.05) is 37.1 Å². The summed E-state index contributed by atoms with van der Waals surface area (Å²) in [6, 6.07) is 15.6.